The molecule has 2 fully saturated rings. The van der Waals surface area contributed by atoms with E-state index in [0.717, 1.165) is 77.9 Å². The van der Waals surface area contributed by atoms with Gasteiger partial charge in [0.2, 0.25) is 5.91 Å². The molecule has 0 saturated carbocycles. The van der Waals surface area contributed by atoms with Gasteiger partial charge in [-0.3, -0.25) is 19.3 Å². The van der Waals surface area contributed by atoms with Gasteiger partial charge in [0, 0.05) is 78.1 Å². The minimum absolute atomic E-state index is 0.00308. The second kappa shape index (κ2) is 16.3. The molecule has 2 saturated heterocycles. The third-order valence-corrected chi connectivity index (χ3v) is 13.9. The summed E-state index contributed by atoms with van der Waals surface area (Å²) in [5, 5.41) is 50.6. The highest BCUT2D eigenvalue weighted by Crippen LogP contribution is 2.41. The van der Waals surface area contributed by atoms with Crippen molar-refractivity contribution in [2.75, 3.05) is 44.2 Å². The Morgan fingerprint density at radius 1 is 0.820 bits per heavy atom. The van der Waals surface area contributed by atoms with E-state index in [2.05, 4.69) is 48.6 Å². The summed E-state index contributed by atoms with van der Waals surface area (Å²) in [6, 6.07) is 18.2. The number of phenolic OH excluding ortho intramolecular Hbond substituents is 2. The van der Waals surface area contributed by atoms with E-state index in [-0.39, 0.29) is 41.6 Å². The Bertz CT molecular complexity index is 2640. The Hall–Kier alpha value is -5.77. The number of benzene rings is 3. The molecule has 3 aromatic carbocycles. The van der Waals surface area contributed by atoms with Crippen LogP contribution in [0.15, 0.2) is 65.7 Å². The van der Waals surface area contributed by atoms with Gasteiger partial charge in [0.1, 0.15) is 28.4 Å². The van der Waals surface area contributed by atoms with Crippen molar-refractivity contribution < 1.29 is 20.1 Å². The van der Waals surface area contributed by atoms with Crippen LogP contribution in [0.4, 0.5) is 5.69 Å². The number of phenols is 2. The van der Waals surface area contributed by atoms with E-state index in [1.54, 1.807) is 17.4 Å². The molecule has 3 aromatic heterocycles. The number of aryl methyl sites for hydroxylation is 2. The molecule has 1 atom stereocenters. The third-order valence-electron chi connectivity index (χ3n) is 12.5. The van der Waals surface area contributed by atoms with Gasteiger partial charge in [-0.2, -0.15) is 0 Å². The van der Waals surface area contributed by atoms with Crippen LogP contribution in [0.1, 0.15) is 83.8 Å². The van der Waals surface area contributed by atoms with E-state index >= 15 is 0 Å². The summed E-state index contributed by atoms with van der Waals surface area (Å²) in [6.45, 7) is 15.1. The summed E-state index contributed by atoms with van der Waals surface area (Å²) in [5.74, 6) is 1.67. The standard InChI is InChI=1S/C45H49ClN10O4S/c1-25(2)34-22-35(38(58)24-37(34)57)42-49-51-45(60)56(42)33-12-10-31(11-13-33)52-18-20-53(21-19-52)32-14-16-54(17-15-32)39(59)23-36-43-50-48-28(5)55(43)44-40(26(3)27(4)61-44)41(47-36)29-6-8-30(46)9-7-29/h6-13,22,24-25,32,36,57-58H,14-21,23H2,1-5H3,(H,51,60)/t36-/m0/s1. The quantitative estimate of drug-likeness (QED) is 0.140. The molecule has 0 bridgehead atoms. The molecule has 9 rings (SSSR count). The lowest BCUT2D eigenvalue weighted by atomic mass is 9.98. The highest BCUT2D eigenvalue weighted by Gasteiger charge is 2.35. The van der Waals surface area contributed by atoms with Gasteiger partial charge in [-0.05, 0) is 93.1 Å². The molecule has 3 aliphatic rings. The van der Waals surface area contributed by atoms with Crippen LogP contribution in [0.25, 0.3) is 22.1 Å². The molecule has 61 heavy (non-hydrogen) atoms. The number of aromatic nitrogens is 6. The van der Waals surface area contributed by atoms with Gasteiger partial charge in [-0.1, -0.05) is 42.7 Å². The first kappa shape index (κ1) is 40.6. The van der Waals surface area contributed by atoms with Crippen LogP contribution in [-0.2, 0) is 4.79 Å². The van der Waals surface area contributed by atoms with Crippen molar-refractivity contribution in [3.63, 3.8) is 0 Å². The number of halogens is 1. The van der Waals surface area contributed by atoms with Gasteiger partial charge in [-0.25, -0.2) is 4.57 Å². The smallest absolute Gasteiger partial charge is 0.319 e. The van der Waals surface area contributed by atoms with E-state index < -0.39 is 6.04 Å². The maximum absolute atomic E-state index is 14.1. The fourth-order valence-electron chi connectivity index (χ4n) is 8.99. The summed E-state index contributed by atoms with van der Waals surface area (Å²) >= 11 is 7.99. The lowest BCUT2D eigenvalue weighted by Crippen LogP contribution is -2.53. The largest absolute Gasteiger partial charge is 0.508 e. The Labute approximate surface area is 363 Å². The molecular formula is C45H49ClN10O4S. The number of likely N-dealkylation sites (tertiary alicyclic amines) is 1. The summed E-state index contributed by atoms with van der Waals surface area (Å²) < 4.78 is 3.59. The lowest BCUT2D eigenvalue weighted by Gasteiger charge is -2.43. The maximum atomic E-state index is 14.1. The van der Waals surface area contributed by atoms with Crippen molar-refractivity contribution >= 4 is 40.2 Å². The number of thiophene rings is 1. The number of hydrogen-bond acceptors (Lipinski definition) is 12. The van der Waals surface area contributed by atoms with Crippen molar-refractivity contribution in [2.24, 2.45) is 4.99 Å². The van der Waals surface area contributed by atoms with Crippen molar-refractivity contribution in [3.05, 3.63) is 104 Å². The first-order valence-corrected chi connectivity index (χ1v) is 22.0. The van der Waals surface area contributed by atoms with Crippen LogP contribution < -0.4 is 4.90 Å². The lowest BCUT2D eigenvalue weighted by molar-refractivity contribution is -0.133. The van der Waals surface area contributed by atoms with Crippen molar-refractivity contribution in [2.45, 2.75) is 71.9 Å². The average Bonchev–Trinajstić information content (AvgIpc) is 3.90. The second-order valence-electron chi connectivity index (χ2n) is 16.5. The van der Waals surface area contributed by atoms with Crippen molar-refractivity contribution in [1.29, 1.82) is 0 Å². The van der Waals surface area contributed by atoms with E-state index in [1.807, 2.05) is 74.2 Å². The summed E-state index contributed by atoms with van der Waals surface area (Å²) in [5.41, 5.74) is 6.75. The zero-order valence-electron chi connectivity index (χ0n) is 34.9. The Balaban J connectivity index is 0.838. The van der Waals surface area contributed by atoms with Crippen LogP contribution in [-0.4, -0.2) is 112 Å². The van der Waals surface area contributed by atoms with Gasteiger partial charge in [0.05, 0.1) is 23.4 Å². The minimum atomic E-state index is -0.492. The number of anilines is 1. The molecule has 0 aliphatic carbocycles. The van der Waals surface area contributed by atoms with Crippen LogP contribution in [0, 0.1) is 20.8 Å². The van der Waals surface area contributed by atoms with Crippen LogP contribution >= 0.6 is 22.9 Å². The first-order chi connectivity index (χ1) is 29.4. The zero-order valence-corrected chi connectivity index (χ0v) is 36.5. The van der Waals surface area contributed by atoms with Gasteiger partial charge in [0.25, 0.3) is 0 Å². The molecule has 3 N–H and O–H groups in total. The van der Waals surface area contributed by atoms with Gasteiger partial charge in [0.15, 0.2) is 11.6 Å². The number of piperidine rings is 1. The molecule has 0 spiro atoms. The fourth-order valence-corrected chi connectivity index (χ4v) is 10.3. The van der Waals surface area contributed by atoms with Crippen LogP contribution in [0.3, 0.4) is 0 Å². The molecule has 16 heteroatoms. The number of carbonyl (C=O) groups excluding carboxylic acids is 1. The predicted octanol–water partition coefficient (Wildman–Crippen LogP) is 7.49. The highest BCUT2D eigenvalue weighted by atomic mass is 35.5. The molecule has 6 heterocycles. The van der Waals surface area contributed by atoms with E-state index in [0.29, 0.717) is 46.8 Å². The molecule has 0 radical (unpaired) electrons. The SMILES string of the molecule is Cc1sc2c(c1C)C(c1ccc(Cl)cc1)=N[C@@H](CC(=O)N1CCC(N3CCN(c4ccc(-n5c(O)nnc5-c5cc(C(C)C)c(O)cc5O)cc4)CC3)CC1)c1nnc(C)n1-2. The van der Waals surface area contributed by atoms with Gasteiger partial charge < -0.3 is 25.1 Å². The topological polar surface area (TPSA) is 161 Å². The number of amides is 1. The maximum Gasteiger partial charge on any atom is 0.319 e. The Morgan fingerprint density at radius 3 is 2.20 bits per heavy atom. The van der Waals surface area contributed by atoms with E-state index in [9.17, 15) is 20.1 Å². The molecule has 316 valence electrons. The minimum Gasteiger partial charge on any atom is -0.508 e. The monoisotopic (exact) mass is 860 g/mol. The van der Waals surface area contributed by atoms with Gasteiger partial charge in [-0.15, -0.1) is 26.6 Å². The first-order valence-electron chi connectivity index (χ1n) is 20.8. The third kappa shape index (κ3) is 7.52. The number of nitrogens with zero attached hydrogens (tertiary/aromatic N) is 10. The molecule has 14 nitrogen and oxygen atoms in total. The van der Waals surface area contributed by atoms with Gasteiger partial charge >= 0.3 is 6.01 Å². The molecular weight excluding hydrogens is 812 g/mol. The van der Waals surface area contributed by atoms with Crippen molar-refractivity contribution in [1.82, 2.24) is 39.3 Å². The number of rotatable bonds is 8. The second-order valence-corrected chi connectivity index (χ2v) is 18.1. The number of fused-ring (bicyclic) bond motifs is 3. The zero-order chi connectivity index (χ0) is 42.7. The summed E-state index contributed by atoms with van der Waals surface area (Å²) in [4.78, 5) is 27.5. The summed E-state index contributed by atoms with van der Waals surface area (Å²) in [7, 11) is 0. The number of hydrogen-bond donors (Lipinski definition) is 3. The highest BCUT2D eigenvalue weighted by molar-refractivity contribution is 7.15. The number of carbonyl (C=O) groups is 1. The van der Waals surface area contributed by atoms with E-state index in [4.69, 9.17) is 16.6 Å². The number of piperazine rings is 1. The fraction of sp³-hybridized carbons (Fsp3) is 0.378. The predicted molar refractivity (Wildman–Crippen MR) is 237 cm³/mol. The van der Waals surface area contributed by atoms with Crippen molar-refractivity contribution in [3.8, 4) is 39.6 Å². The molecule has 3 aliphatic heterocycles. The summed E-state index contributed by atoms with van der Waals surface area (Å²) in [6.07, 6.45) is 2.03. The Kier molecular flexibility index (Phi) is 10.8. The Morgan fingerprint density at radius 2 is 1.51 bits per heavy atom. The van der Waals surface area contributed by atoms with Crippen LogP contribution in [0.5, 0.6) is 17.5 Å². The number of aromatic hydroxyl groups is 3. The van der Waals surface area contributed by atoms with E-state index in [1.165, 1.54) is 15.5 Å². The molecule has 0 unspecified atom stereocenters. The normalized spacial score (nSPS) is 17.4. The number of aliphatic imine (C=N–C) groups is 1. The molecule has 1 amide bonds. The average molecular weight is 861 g/mol. The molecule has 6 aromatic rings. The van der Waals surface area contributed by atoms with Crippen LogP contribution in [0.2, 0.25) is 5.02 Å².